The van der Waals surface area contributed by atoms with Gasteiger partial charge in [0.2, 0.25) is 11.7 Å². The first kappa shape index (κ1) is 16.1. The van der Waals surface area contributed by atoms with Crippen LogP contribution in [0.2, 0.25) is 0 Å². The second-order valence-corrected chi connectivity index (χ2v) is 8.21. The van der Waals surface area contributed by atoms with E-state index in [1.807, 2.05) is 37.3 Å². The number of nitrogens with zero attached hydrogens (tertiary/aromatic N) is 3. The molecule has 0 spiro atoms. The first-order valence-corrected chi connectivity index (χ1v) is 9.68. The molecule has 1 unspecified atom stereocenters. The Labute approximate surface area is 136 Å². The summed E-state index contributed by atoms with van der Waals surface area (Å²) in [6.07, 6.45) is 1.58. The molecule has 1 aromatic heterocycles. The van der Waals surface area contributed by atoms with Crippen molar-refractivity contribution in [1.29, 1.82) is 0 Å². The lowest BCUT2D eigenvalue weighted by Crippen LogP contribution is -2.47. The Morgan fingerprint density at radius 3 is 2.83 bits per heavy atom. The van der Waals surface area contributed by atoms with E-state index in [4.69, 9.17) is 4.52 Å². The van der Waals surface area contributed by atoms with Crippen LogP contribution in [-0.2, 0) is 16.3 Å². The number of aromatic nitrogens is 2. The third-order valence-corrected chi connectivity index (χ3v) is 5.94. The van der Waals surface area contributed by atoms with Gasteiger partial charge in [0.25, 0.3) is 0 Å². The molecule has 0 radical (unpaired) electrons. The molecule has 1 aliphatic rings. The average molecular weight is 335 g/mol. The van der Waals surface area contributed by atoms with E-state index in [1.165, 1.54) is 0 Å². The summed E-state index contributed by atoms with van der Waals surface area (Å²) >= 11 is 0. The fourth-order valence-corrected chi connectivity index (χ4v) is 4.48. The highest BCUT2D eigenvalue weighted by Crippen LogP contribution is 2.16. The standard InChI is InChI=1S/C16H21N3O3S/c1-13-12-23(20,21)11-10-19(13)9-5-8-15-17-16(18-22-15)14-6-3-2-4-7-14/h2-4,6-7,13H,5,8-12H2,1H3. The fourth-order valence-electron chi connectivity index (χ4n) is 2.86. The van der Waals surface area contributed by atoms with Gasteiger partial charge in [0.15, 0.2) is 9.84 Å². The van der Waals surface area contributed by atoms with E-state index in [0.29, 0.717) is 24.7 Å². The molecule has 7 heteroatoms. The number of benzene rings is 1. The maximum absolute atomic E-state index is 11.6. The summed E-state index contributed by atoms with van der Waals surface area (Å²) < 4.78 is 28.5. The molecule has 6 nitrogen and oxygen atoms in total. The molecule has 1 aliphatic heterocycles. The molecule has 1 atom stereocenters. The lowest BCUT2D eigenvalue weighted by molar-refractivity contribution is 0.221. The summed E-state index contributed by atoms with van der Waals surface area (Å²) in [6, 6.07) is 9.81. The average Bonchev–Trinajstić information content (AvgIpc) is 2.99. The number of sulfone groups is 1. The highest BCUT2D eigenvalue weighted by atomic mass is 32.2. The zero-order valence-electron chi connectivity index (χ0n) is 13.2. The Bertz CT molecular complexity index is 743. The van der Waals surface area contributed by atoms with E-state index in [9.17, 15) is 8.42 Å². The van der Waals surface area contributed by atoms with Gasteiger partial charge in [-0.15, -0.1) is 0 Å². The maximum atomic E-state index is 11.6. The van der Waals surface area contributed by atoms with Crippen molar-refractivity contribution in [3.8, 4) is 11.4 Å². The second-order valence-electron chi connectivity index (χ2n) is 5.98. The van der Waals surface area contributed by atoms with Crippen molar-refractivity contribution < 1.29 is 12.9 Å². The lowest BCUT2D eigenvalue weighted by atomic mass is 10.2. The molecule has 0 N–H and O–H groups in total. The van der Waals surface area contributed by atoms with Gasteiger partial charge in [-0.1, -0.05) is 35.5 Å². The first-order valence-electron chi connectivity index (χ1n) is 7.86. The molecular weight excluding hydrogens is 314 g/mol. The second kappa shape index (κ2) is 6.80. The van der Waals surface area contributed by atoms with Gasteiger partial charge in [-0.3, -0.25) is 4.90 Å². The van der Waals surface area contributed by atoms with Gasteiger partial charge in [0.05, 0.1) is 11.5 Å². The summed E-state index contributed by atoms with van der Waals surface area (Å²) in [6.45, 7) is 3.43. The van der Waals surface area contributed by atoms with Gasteiger partial charge in [0, 0.05) is 24.6 Å². The van der Waals surface area contributed by atoms with E-state index in [0.717, 1.165) is 18.5 Å². The SMILES string of the molecule is CC1CS(=O)(=O)CCN1CCCc1nc(-c2ccccc2)no1. The minimum atomic E-state index is -2.85. The normalized spacial score (nSPS) is 21.3. The van der Waals surface area contributed by atoms with Crippen LogP contribution in [0.15, 0.2) is 34.9 Å². The smallest absolute Gasteiger partial charge is 0.227 e. The highest BCUT2D eigenvalue weighted by Gasteiger charge is 2.27. The van der Waals surface area contributed by atoms with Gasteiger partial charge in [-0.2, -0.15) is 4.98 Å². The predicted molar refractivity (Wildman–Crippen MR) is 87.7 cm³/mol. The summed E-state index contributed by atoms with van der Waals surface area (Å²) in [7, 11) is -2.85. The third kappa shape index (κ3) is 4.17. The molecule has 0 aliphatic carbocycles. The Balaban J connectivity index is 1.51. The Morgan fingerprint density at radius 2 is 2.09 bits per heavy atom. The van der Waals surface area contributed by atoms with Crippen LogP contribution < -0.4 is 0 Å². The van der Waals surface area contributed by atoms with E-state index >= 15 is 0 Å². The molecule has 0 amide bonds. The minimum absolute atomic E-state index is 0.0799. The molecule has 3 rings (SSSR count). The number of aryl methyl sites for hydroxylation is 1. The molecule has 1 fully saturated rings. The molecule has 1 aromatic carbocycles. The van der Waals surface area contributed by atoms with E-state index in [2.05, 4.69) is 15.0 Å². The summed E-state index contributed by atoms with van der Waals surface area (Å²) in [5.41, 5.74) is 0.942. The van der Waals surface area contributed by atoms with Gasteiger partial charge in [0.1, 0.15) is 0 Å². The largest absolute Gasteiger partial charge is 0.339 e. The van der Waals surface area contributed by atoms with Crippen LogP contribution in [0, 0.1) is 0 Å². The van der Waals surface area contributed by atoms with Crippen molar-refractivity contribution in [2.24, 2.45) is 0 Å². The maximum Gasteiger partial charge on any atom is 0.227 e. The molecular formula is C16H21N3O3S. The van der Waals surface area contributed by atoms with Crippen molar-refractivity contribution in [2.75, 3.05) is 24.6 Å². The van der Waals surface area contributed by atoms with Crippen molar-refractivity contribution in [3.63, 3.8) is 0 Å². The Morgan fingerprint density at radius 1 is 1.30 bits per heavy atom. The molecule has 2 heterocycles. The predicted octanol–water partition coefficient (Wildman–Crippen LogP) is 1.79. The monoisotopic (exact) mass is 335 g/mol. The van der Waals surface area contributed by atoms with Crippen LogP contribution in [0.4, 0.5) is 0 Å². The Kier molecular flexibility index (Phi) is 4.77. The third-order valence-electron chi connectivity index (χ3n) is 4.14. The first-order chi connectivity index (χ1) is 11.0. The summed E-state index contributed by atoms with van der Waals surface area (Å²) in [5.74, 6) is 1.75. The zero-order valence-corrected chi connectivity index (χ0v) is 14.0. The van der Waals surface area contributed by atoms with Crippen molar-refractivity contribution >= 4 is 9.84 Å². The topological polar surface area (TPSA) is 76.3 Å². The molecule has 1 saturated heterocycles. The zero-order chi connectivity index (χ0) is 16.3. The van der Waals surface area contributed by atoms with Crippen LogP contribution in [0.25, 0.3) is 11.4 Å². The van der Waals surface area contributed by atoms with E-state index in [-0.39, 0.29) is 17.5 Å². The van der Waals surface area contributed by atoms with E-state index in [1.54, 1.807) is 0 Å². The Hall–Kier alpha value is -1.73. The van der Waals surface area contributed by atoms with Gasteiger partial charge < -0.3 is 4.52 Å². The van der Waals surface area contributed by atoms with Gasteiger partial charge in [-0.25, -0.2) is 8.42 Å². The summed E-state index contributed by atoms with van der Waals surface area (Å²) in [5, 5.41) is 4.01. The van der Waals surface area contributed by atoms with E-state index < -0.39 is 9.84 Å². The van der Waals surface area contributed by atoms with Crippen molar-refractivity contribution in [2.45, 2.75) is 25.8 Å². The number of hydrogen-bond donors (Lipinski definition) is 0. The molecule has 124 valence electrons. The lowest BCUT2D eigenvalue weighted by Gasteiger charge is -2.32. The van der Waals surface area contributed by atoms with Gasteiger partial charge in [-0.05, 0) is 19.9 Å². The van der Waals surface area contributed by atoms with Crippen LogP contribution in [0.1, 0.15) is 19.2 Å². The molecule has 0 saturated carbocycles. The quantitative estimate of drug-likeness (QED) is 0.829. The van der Waals surface area contributed by atoms with Crippen LogP contribution in [0.3, 0.4) is 0 Å². The molecule has 0 bridgehead atoms. The van der Waals surface area contributed by atoms with Crippen molar-refractivity contribution in [1.82, 2.24) is 15.0 Å². The minimum Gasteiger partial charge on any atom is -0.339 e. The van der Waals surface area contributed by atoms with Crippen LogP contribution in [0.5, 0.6) is 0 Å². The fraction of sp³-hybridized carbons (Fsp3) is 0.500. The molecule has 2 aromatic rings. The van der Waals surface area contributed by atoms with Gasteiger partial charge >= 0.3 is 0 Å². The number of rotatable bonds is 5. The van der Waals surface area contributed by atoms with Crippen LogP contribution >= 0.6 is 0 Å². The molecule has 23 heavy (non-hydrogen) atoms. The number of hydrogen-bond acceptors (Lipinski definition) is 6. The highest BCUT2D eigenvalue weighted by molar-refractivity contribution is 7.91. The summed E-state index contributed by atoms with van der Waals surface area (Å²) in [4.78, 5) is 6.63. The van der Waals surface area contributed by atoms with Crippen molar-refractivity contribution in [3.05, 3.63) is 36.2 Å². The van der Waals surface area contributed by atoms with Crippen LogP contribution in [-0.4, -0.2) is 54.1 Å².